The molecule has 7 aliphatic rings. The molecule has 130 heavy (non-hydrogen) atoms. The first-order valence-corrected chi connectivity index (χ1v) is 45.5. The van der Waals surface area contributed by atoms with E-state index < -0.39 is 0 Å². The van der Waals surface area contributed by atoms with Gasteiger partial charge in [0.1, 0.15) is 0 Å². The van der Waals surface area contributed by atoms with Crippen LogP contribution in [0.1, 0.15) is 215 Å². The largest absolute Gasteiger partial charge is 0.294 e. The minimum atomic E-state index is 0.0158. The number of aromatic nitrogens is 6. The number of aryl methyl sites for hydroxylation is 1. The molecule has 0 saturated heterocycles. The highest BCUT2D eigenvalue weighted by atomic mass is 16.1. The van der Waals surface area contributed by atoms with E-state index in [-0.39, 0.29) is 63.3 Å². The fourth-order valence-electron chi connectivity index (χ4n) is 19.7. The molecule has 23 rings (SSSR count). The van der Waals surface area contributed by atoms with Crippen LogP contribution < -0.4 is 27.4 Å². The van der Waals surface area contributed by atoms with Gasteiger partial charge in [-0.15, -0.1) is 0 Å². The predicted molar refractivity (Wildman–Crippen MR) is 516 cm³/mol. The Morgan fingerprint density at radius 2 is 0.692 bits per heavy atom. The van der Waals surface area contributed by atoms with Gasteiger partial charge in [-0.2, -0.15) is 27.4 Å². The molecule has 0 N–H and O–H groups in total. The summed E-state index contributed by atoms with van der Waals surface area (Å²) in [5, 5.41) is 5.08. The molecule has 12 heterocycles. The number of benzene rings is 10. The molecule has 0 spiro atoms. The highest BCUT2D eigenvalue weighted by molar-refractivity contribution is 6.01. The van der Waals surface area contributed by atoms with E-state index in [2.05, 4.69) is 287 Å². The molecule has 0 amide bonds. The van der Waals surface area contributed by atoms with Gasteiger partial charge in [0.05, 0.1) is 66.8 Å². The average Bonchev–Trinajstić information content (AvgIpc) is 1.56. The highest BCUT2D eigenvalue weighted by Gasteiger charge is 2.41. The second kappa shape index (κ2) is 34.7. The quantitative estimate of drug-likeness (QED) is 0.0992. The van der Waals surface area contributed by atoms with Crippen molar-refractivity contribution in [3.8, 4) is 89.8 Å². The molecule has 10 aromatic carbocycles. The van der Waals surface area contributed by atoms with Gasteiger partial charge in [0.25, 0.3) is 0 Å². The number of carbonyl (C=O) groups excluding carboxylic acids is 6. The molecule has 6 aliphatic heterocycles. The van der Waals surface area contributed by atoms with Crippen LogP contribution in [0.2, 0.25) is 0 Å². The molecule has 0 fully saturated rings. The number of hydrogen-bond donors (Lipinski definition) is 0. The van der Waals surface area contributed by atoms with Crippen LogP contribution in [0.3, 0.4) is 0 Å². The van der Waals surface area contributed by atoms with Crippen molar-refractivity contribution < 1.29 is 56.2 Å². The van der Waals surface area contributed by atoms with Crippen LogP contribution in [-0.2, 0) is 50.1 Å². The lowest BCUT2D eigenvalue weighted by Crippen LogP contribution is -2.33. The Labute approximate surface area is 762 Å². The molecule has 0 saturated carbocycles. The van der Waals surface area contributed by atoms with Crippen LogP contribution in [0, 0.1) is 24.7 Å². The van der Waals surface area contributed by atoms with Gasteiger partial charge in [-0.25, -0.2) is 0 Å². The molecular weight excluding hydrogens is 1600 g/mol. The van der Waals surface area contributed by atoms with Crippen molar-refractivity contribution in [3.63, 3.8) is 0 Å². The number of nitrogens with zero attached hydrogens (tertiary/aromatic N) is 6. The summed E-state index contributed by atoms with van der Waals surface area (Å²) < 4.78 is 13.1. The molecule has 16 aromatic rings. The minimum absolute atomic E-state index is 0.0158. The lowest BCUT2D eigenvalue weighted by Gasteiger charge is -2.21. The number of carbonyl (C=O) groups is 6. The molecule has 0 bridgehead atoms. The van der Waals surface area contributed by atoms with E-state index in [0.29, 0.717) is 0 Å². The number of fused-ring (bicyclic) bond motifs is 24. The summed E-state index contributed by atoms with van der Waals surface area (Å²) in [5.74, 6) is 1.05. The van der Waals surface area contributed by atoms with Crippen molar-refractivity contribution in [1.82, 2.24) is 0 Å². The number of Topliss-reactive ketones (excluding diaryl/α,β-unsaturated/α-hetero) is 6. The minimum Gasteiger partial charge on any atom is -0.294 e. The summed E-state index contributed by atoms with van der Waals surface area (Å²) in [4.78, 5) is 71.2. The summed E-state index contributed by atoms with van der Waals surface area (Å²) >= 11 is 0. The van der Waals surface area contributed by atoms with Crippen LogP contribution in [-0.4, -0.2) is 34.7 Å². The van der Waals surface area contributed by atoms with E-state index in [1.165, 1.54) is 167 Å². The van der Waals surface area contributed by atoms with E-state index in [1.54, 1.807) is 20.8 Å². The molecule has 642 valence electrons. The zero-order chi connectivity index (χ0) is 91.0. The molecule has 1 aliphatic carbocycles. The number of hydrogen-bond acceptors (Lipinski definition) is 6. The summed E-state index contributed by atoms with van der Waals surface area (Å²) in [7, 11) is 0. The standard InChI is InChI=1S/C25H24NO.2C20H18NO.C20H16NO.C18H20NO.C15H14NO/c1-15(2)24(27)16-9-10-23-19-12-22-20(11-17(19)14-26(23)13-16)18-7-5-6-8-21(18)25(22,3)4;1-13(2)20(22)16-7-8-19-18-10-15-6-4-3-5-14(15)9-17(18)12-21(19)11-16;1-13(2)20(22)16-9-10-18-19-15(11-21(18)12-16)8-7-14-5-3-4-6-17(14)19;1-14(22)17-8-10-20-19-9-7-16(15-5-3-2-4-6-15)11-18(19)13-21(20)12-17;1-12(20)13-5-8-17-16-7-6-15(18(2,3)4)9-14(16)11-19(17)10-13;1-10-4-3-5-13-9-16-8-12(11(2)17)6-7-14(16)15(10)13/h5-13,15H,14H2,1-4H3;3-11,13H,12H2,1-2H3;3-10,12-13H,11H2,1-2H3;2-12H,13H2,1H3;5-10H,11H2,1-4H3;3-8H,9H2,1-2H3/q6*+1. The lowest BCUT2D eigenvalue weighted by atomic mass is 9.81. The van der Waals surface area contributed by atoms with Gasteiger partial charge < -0.3 is 0 Å². The maximum atomic E-state index is 12.4. The van der Waals surface area contributed by atoms with Gasteiger partial charge in [-0.05, 0) is 184 Å². The second-order valence-electron chi connectivity index (χ2n) is 38.2. The lowest BCUT2D eigenvalue weighted by molar-refractivity contribution is -0.672. The van der Waals surface area contributed by atoms with Crippen molar-refractivity contribution >= 4 is 56.2 Å². The number of ketones is 6. The maximum absolute atomic E-state index is 12.4. The summed E-state index contributed by atoms with van der Waals surface area (Å²) in [6.45, 7) is 35.1. The van der Waals surface area contributed by atoms with Crippen LogP contribution in [0.15, 0.2) is 304 Å². The Kier molecular flexibility index (Phi) is 23.0. The van der Waals surface area contributed by atoms with Crippen molar-refractivity contribution in [2.75, 3.05) is 0 Å². The van der Waals surface area contributed by atoms with Crippen LogP contribution in [0.25, 0.3) is 111 Å². The first-order valence-electron chi connectivity index (χ1n) is 45.5. The predicted octanol–water partition coefficient (Wildman–Crippen LogP) is 23.0. The monoisotopic (exact) mass is 1710 g/mol. The van der Waals surface area contributed by atoms with E-state index in [0.717, 1.165) is 72.6 Å². The molecule has 12 heteroatoms. The average molecular weight is 1710 g/mol. The first kappa shape index (κ1) is 86.4. The summed E-state index contributed by atoms with van der Waals surface area (Å²) in [6, 6.07) is 93.6. The van der Waals surface area contributed by atoms with E-state index >= 15 is 0 Å². The van der Waals surface area contributed by atoms with Crippen LogP contribution in [0.5, 0.6) is 0 Å². The number of pyridine rings is 6. The molecule has 0 unspecified atom stereocenters. The van der Waals surface area contributed by atoms with E-state index in [9.17, 15) is 28.8 Å². The van der Waals surface area contributed by atoms with Gasteiger partial charge >= 0.3 is 0 Å². The third kappa shape index (κ3) is 16.5. The van der Waals surface area contributed by atoms with Gasteiger partial charge in [-0.1, -0.05) is 222 Å². The summed E-state index contributed by atoms with van der Waals surface area (Å²) in [6.07, 6.45) is 11.9. The molecule has 0 radical (unpaired) electrons. The fourth-order valence-corrected chi connectivity index (χ4v) is 19.7. The van der Waals surface area contributed by atoms with E-state index in [4.69, 9.17) is 0 Å². The Morgan fingerprint density at radius 1 is 0.292 bits per heavy atom. The van der Waals surface area contributed by atoms with Gasteiger partial charge in [0, 0.05) is 92.9 Å². The number of rotatable bonds is 10. The van der Waals surface area contributed by atoms with E-state index in [1.807, 2.05) is 127 Å². The second-order valence-corrected chi connectivity index (χ2v) is 38.2. The Bertz CT molecular complexity index is 7400. The van der Waals surface area contributed by atoms with Gasteiger partial charge in [-0.3, -0.25) is 28.8 Å². The fraction of sp³-hybridized carbons (Fsp3) is 0.220. The smallest absolute Gasteiger partial charge is 0.213 e. The third-order valence-corrected chi connectivity index (χ3v) is 26.8. The SMILES string of the molecule is CC(=O)c1ccc2[n+](c1)Cc1cc(-c3ccccc3)ccc1-2.CC(=O)c1ccc2[n+](c1)Cc1cc(C(C)(C)C)ccc1-2.CC(=O)c1ccc2[n+](c1)Cc1cccc(C)c1-2.CC(C)C(=O)c1ccc2[n+](c1)Cc1cc3c(cc1-2)C(C)(C)c1ccccc1-3.CC(C)C(=O)c1ccc2[n+](c1)Cc1cc3ccccc3cc1-2.CC(C)C(=O)c1ccc2[n+](c1)Cc1ccc3ccccc3c1-2. The Hall–Kier alpha value is -14.4. The van der Waals surface area contributed by atoms with Crippen molar-refractivity contribution in [3.05, 3.63) is 393 Å². The zero-order valence-electron chi connectivity index (χ0n) is 77.0. The van der Waals surface area contributed by atoms with Crippen molar-refractivity contribution in [1.29, 1.82) is 0 Å². The van der Waals surface area contributed by atoms with Gasteiger partial charge in [0.15, 0.2) is 111 Å². The molecule has 12 nitrogen and oxygen atoms in total. The Balaban J connectivity index is 0.000000105. The molecule has 6 aromatic heterocycles. The summed E-state index contributed by atoms with van der Waals surface area (Å²) in [5.41, 5.74) is 38.5. The van der Waals surface area contributed by atoms with Crippen molar-refractivity contribution in [2.24, 2.45) is 17.8 Å². The normalized spacial score (nSPS) is 13.0. The molecular formula is C118H110N6O6+6. The highest BCUT2D eigenvalue weighted by Crippen LogP contribution is 2.51. The van der Waals surface area contributed by atoms with Crippen molar-refractivity contribution in [2.45, 2.75) is 154 Å². The Morgan fingerprint density at radius 3 is 1.22 bits per heavy atom. The van der Waals surface area contributed by atoms with Crippen LogP contribution in [0.4, 0.5) is 0 Å². The maximum Gasteiger partial charge on any atom is 0.213 e. The first-order chi connectivity index (χ1) is 62.4. The topological polar surface area (TPSA) is 126 Å². The molecule has 0 atom stereocenters. The van der Waals surface area contributed by atoms with Crippen LogP contribution >= 0.6 is 0 Å². The van der Waals surface area contributed by atoms with Gasteiger partial charge in [0.2, 0.25) is 34.2 Å². The third-order valence-electron chi connectivity index (χ3n) is 26.8. The zero-order valence-corrected chi connectivity index (χ0v) is 77.0.